The third kappa shape index (κ3) is 2.92. The lowest BCUT2D eigenvalue weighted by molar-refractivity contribution is 0.245. The summed E-state index contributed by atoms with van der Waals surface area (Å²) in [5, 5.41) is 3.31. The van der Waals surface area contributed by atoms with E-state index in [1.807, 2.05) is 19.2 Å². The summed E-state index contributed by atoms with van der Waals surface area (Å²) < 4.78 is 11.2. The lowest BCUT2D eigenvalue weighted by Crippen LogP contribution is -2.42. The molecule has 1 aromatic rings. The van der Waals surface area contributed by atoms with Crippen LogP contribution >= 0.6 is 0 Å². The van der Waals surface area contributed by atoms with E-state index in [1.165, 1.54) is 16.7 Å². The van der Waals surface area contributed by atoms with Crippen LogP contribution in [0.15, 0.2) is 23.8 Å². The first kappa shape index (κ1) is 14.4. The Labute approximate surface area is 126 Å². The highest BCUT2D eigenvalue weighted by Crippen LogP contribution is 2.39. The summed E-state index contributed by atoms with van der Waals surface area (Å²) in [6.45, 7) is 6.16. The predicted octanol–water partition coefficient (Wildman–Crippen LogP) is 2.15. The number of likely N-dealkylation sites (N-methyl/N-ethyl adjacent to an activating group) is 1. The van der Waals surface area contributed by atoms with Crippen molar-refractivity contribution in [2.45, 2.75) is 19.4 Å². The minimum atomic E-state index is 0.521. The highest BCUT2D eigenvalue weighted by Gasteiger charge is 2.26. The predicted molar refractivity (Wildman–Crippen MR) is 85.0 cm³/mol. The number of fused-ring (bicyclic) bond motifs is 2. The van der Waals surface area contributed by atoms with Crippen molar-refractivity contribution < 1.29 is 9.47 Å². The number of rotatable bonds is 4. The molecular formula is C17H24N2O2. The summed E-state index contributed by atoms with van der Waals surface area (Å²) in [5.41, 5.74) is 4.16. The first-order chi connectivity index (χ1) is 10.2. The highest BCUT2D eigenvalue weighted by molar-refractivity contribution is 5.76. The van der Waals surface area contributed by atoms with Crippen LogP contribution in [0.4, 0.5) is 0 Å². The van der Waals surface area contributed by atoms with Crippen LogP contribution < -0.4 is 14.8 Å². The number of methoxy groups -OCH3 is 1. The summed E-state index contributed by atoms with van der Waals surface area (Å²) >= 11 is 0. The standard InChI is InChI=1S/C17H24N2O2/c1-12(18-2)9-19-7-6-15-13(10-19)11-21-17-8-14(20-3)4-5-16(15)17/h4-5,8,12,18H,6-7,9-11H2,1-3H3. The summed E-state index contributed by atoms with van der Waals surface area (Å²) in [7, 11) is 3.71. The smallest absolute Gasteiger partial charge is 0.130 e. The minimum absolute atomic E-state index is 0.521. The molecule has 1 atom stereocenters. The van der Waals surface area contributed by atoms with Crippen molar-refractivity contribution in [1.29, 1.82) is 0 Å². The average Bonchev–Trinajstić information content (AvgIpc) is 2.53. The van der Waals surface area contributed by atoms with Gasteiger partial charge in [-0.15, -0.1) is 0 Å². The van der Waals surface area contributed by atoms with Gasteiger partial charge in [0.1, 0.15) is 18.1 Å². The second kappa shape index (κ2) is 6.08. The SMILES string of the molecule is CNC(C)CN1CCC2=C(COc3cc(OC)ccc32)C1. The second-order valence-electron chi connectivity index (χ2n) is 5.91. The van der Waals surface area contributed by atoms with Gasteiger partial charge in [0.05, 0.1) is 7.11 Å². The molecule has 1 unspecified atom stereocenters. The van der Waals surface area contributed by atoms with Crippen LogP contribution in [0, 0.1) is 0 Å². The van der Waals surface area contributed by atoms with Gasteiger partial charge in [0.15, 0.2) is 0 Å². The van der Waals surface area contributed by atoms with Crippen LogP contribution in [-0.4, -0.2) is 51.3 Å². The van der Waals surface area contributed by atoms with Crippen LogP contribution in [0.25, 0.3) is 5.57 Å². The van der Waals surface area contributed by atoms with Gasteiger partial charge in [-0.05, 0) is 43.7 Å². The van der Waals surface area contributed by atoms with Gasteiger partial charge in [-0.3, -0.25) is 4.90 Å². The molecule has 1 aromatic carbocycles. The zero-order valence-corrected chi connectivity index (χ0v) is 13.1. The normalized spacial score (nSPS) is 19.6. The molecule has 114 valence electrons. The van der Waals surface area contributed by atoms with Crippen molar-refractivity contribution in [1.82, 2.24) is 10.2 Å². The van der Waals surface area contributed by atoms with E-state index in [2.05, 4.69) is 23.2 Å². The van der Waals surface area contributed by atoms with Crippen LogP contribution in [0.3, 0.4) is 0 Å². The Morgan fingerprint density at radius 1 is 1.43 bits per heavy atom. The molecule has 0 spiro atoms. The highest BCUT2D eigenvalue weighted by atomic mass is 16.5. The largest absolute Gasteiger partial charge is 0.497 e. The molecule has 0 saturated carbocycles. The Balaban J connectivity index is 1.80. The van der Waals surface area contributed by atoms with E-state index in [0.717, 1.165) is 37.6 Å². The Bertz CT molecular complexity index is 554. The van der Waals surface area contributed by atoms with Gasteiger partial charge < -0.3 is 14.8 Å². The zero-order valence-electron chi connectivity index (χ0n) is 13.1. The molecule has 0 bridgehead atoms. The second-order valence-corrected chi connectivity index (χ2v) is 5.91. The zero-order chi connectivity index (χ0) is 14.8. The molecule has 2 aliphatic heterocycles. The van der Waals surface area contributed by atoms with Gasteiger partial charge in [-0.25, -0.2) is 0 Å². The molecule has 4 heteroatoms. The molecule has 0 aromatic heterocycles. The summed E-state index contributed by atoms with van der Waals surface area (Å²) in [6, 6.07) is 6.67. The Hall–Kier alpha value is -1.52. The minimum Gasteiger partial charge on any atom is -0.497 e. The Kier molecular flexibility index (Phi) is 4.17. The first-order valence-corrected chi connectivity index (χ1v) is 7.63. The van der Waals surface area contributed by atoms with Crippen molar-refractivity contribution in [3.05, 3.63) is 29.3 Å². The lowest BCUT2D eigenvalue weighted by atomic mass is 9.91. The number of ether oxygens (including phenoxy) is 2. The van der Waals surface area contributed by atoms with Crippen LogP contribution in [0.1, 0.15) is 18.9 Å². The quantitative estimate of drug-likeness (QED) is 0.920. The van der Waals surface area contributed by atoms with Crippen molar-refractivity contribution in [2.24, 2.45) is 0 Å². The van der Waals surface area contributed by atoms with Gasteiger partial charge >= 0.3 is 0 Å². The molecule has 2 aliphatic rings. The maximum Gasteiger partial charge on any atom is 0.130 e. The fourth-order valence-corrected chi connectivity index (χ4v) is 3.15. The van der Waals surface area contributed by atoms with E-state index in [0.29, 0.717) is 12.6 Å². The van der Waals surface area contributed by atoms with Gasteiger partial charge in [0.25, 0.3) is 0 Å². The Morgan fingerprint density at radius 2 is 2.29 bits per heavy atom. The topological polar surface area (TPSA) is 33.7 Å². The average molecular weight is 288 g/mol. The number of hydrogen-bond acceptors (Lipinski definition) is 4. The van der Waals surface area contributed by atoms with Gasteiger partial charge in [0, 0.05) is 37.3 Å². The van der Waals surface area contributed by atoms with E-state index in [1.54, 1.807) is 7.11 Å². The molecule has 2 heterocycles. The third-order valence-electron chi connectivity index (χ3n) is 4.46. The molecule has 0 radical (unpaired) electrons. The number of benzene rings is 1. The molecule has 21 heavy (non-hydrogen) atoms. The lowest BCUT2D eigenvalue weighted by Gasteiger charge is -2.35. The Morgan fingerprint density at radius 3 is 3.05 bits per heavy atom. The van der Waals surface area contributed by atoms with Crippen LogP contribution in [0.5, 0.6) is 11.5 Å². The number of nitrogens with one attached hydrogen (secondary N) is 1. The van der Waals surface area contributed by atoms with E-state index >= 15 is 0 Å². The molecular weight excluding hydrogens is 264 g/mol. The fraction of sp³-hybridized carbons (Fsp3) is 0.529. The van der Waals surface area contributed by atoms with E-state index in [-0.39, 0.29) is 0 Å². The van der Waals surface area contributed by atoms with Gasteiger partial charge in [-0.2, -0.15) is 0 Å². The first-order valence-electron chi connectivity index (χ1n) is 7.63. The summed E-state index contributed by atoms with van der Waals surface area (Å²) in [6.07, 6.45) is 1.11. The fourth-order valence-electron chi connectivity index (χ4n) is 3.15. The van der Waals surface area contributed by atoms with Crippen LogP contribution in [-0.2, 0) is 0 Å². The van der Waals surface area contributed by atoms with Gasteiger partial charge in [-0.1, -0.05) is 0 Å². The van der Waals surface area contributed by atoms with Crippen LogP contribution in [0.2, 0.25) is 0 Å². The van der Waals surface area contributed by atoms with Crippen molar-refractivity contribution in [2.75, 3.05) is 40.4 Å². The van der Waals surface area contributed by atoms with Crippen molar-refractivity contribution in [3.8, 4) is 11.5 Å². The van der Waals surface area contributed by atoms with Gasteiger partial charge in [0.2, 0.25) is 0 Å². The molecule has 0 aliphatic carbocycles. The van der Waals surface area contributed by atoms with E-state index in [4.69, 9.17) is 9.47 Å². The molecule has 0 saturated heterocycles. The van der Waals surface area contributed by atoms with Crippen molar-refractivity contribution in [3.63, 3.8) is 0 Å². The number of hydrogen-bond donors (Lipinski definition) is 1. The monoisotopic (exact) mass is 288 g/mol. The molecule has 3 rings (SSSR count). The maximum atomic E-state index is 5.93. The summed E-state index contributed by atoms with van der Waals surface area (Å²) in [5.74, 6) is 1.82. The summed E-state index contributed by atoms with van der Waals surface area (Å²) in [4.78, 5) is 2.51. The maximum absolute atomic E-state index is 5.93. The molecule has 0 fully saturated rings. The number of nitrogens with zero attached hydrogens (tertiary/aromatic N) is 1. The van der Waals surface area contributed by atoms with E-state index in [9.17, 15) is 0 Å². The molecule has 4 nitrogen and oxygen atoms in total. The molecule has 0 amide bonds. The van der Waals surface area contributed by atoms with E-state index < -0.39 is 0 Å². The third-order valence-corrected chi connectivity index (χ3v) is 4.46. The van der Waals surface area contributed by atoms with Crippen molar-refractivity contribution >= 4 is 5.57 Å². The molecule has 1 N–H and O–H groups in total.